The van der Waals surface area contributed by atoms with Crippen molar-refractivity contribution in [2.75, 3.05) is 5.32 Å². The zero-order chi connectivity index (χ0) is 18.0. The fraction of sp³-hybridized carbons (Fsp3) is 0.176. The number of nitrogens with zero attached hydrogens (tertiary/aromatic N) is 1. The summed E-state index contributed by atoms with van der Waals surface area (Å²) in [6.45, 7) is 1.45. The summed E-state index contributed by atoms with van der Waals surface area (Å²) < 4.78 is 1.28. The van der Waals surface area contributed by atoms with Crippen LogP contribution in [0.2, 0.25) is 0 Å². The van der Waals surface area contributed by atoms with Crippen molar-refractivity contribution in [2.45, 2.75) is 19.0 Å². The minimum absolute atomic E-state index is 0.127. The molecule has 2 aromatic rings. The molecular formula is C17H16N4O4. The van der Waals surface area contributed by atoms with Gasteiger partial charge in [0.2, 0.25) is 5.91 Å². The molecule has 1 fully saturated rings. The Morgan fingerprint density at radius 3 is 2.64 bits per heavy atom. The Morgan fingerprint density at radius 2 is 1.96 bits per heavy atom. The van der Waals surface area contributed by atoms with E-state index in [0.717, 1.165) is 0 Å². The molecule has 0 bridgehead atoms. The van der Waals surface area contributed by atoms with E-state index >= 15 is 0 Å². The van der Waals surface area contributed by atoms with E-state index in [1.807, 2.05) is 0 Å². The van der Waals surface area contributed by atoms with E-state index in [-0.39, 0.29) is 18.0 Å². The van der Waals surface area contributed by atoms with Crippen molar-refractivity contribution in [3.63, 3.8) is 0 Å². The monoisotopic (exact) mass is 340 g/mol. The van der Waals surface area contributed by atoms with E-state index in [1.165, 1.54) is 16.8 Å². The lowest BCUT2D eigenvalue weighted by molar-refractivity contribution is -0.123. The molecule has 3 N–H and O–H groups in total. The summed E-state index contributed by atoms with van der Waals surface area (Å²) in [6, 6.07) is 10.7. The Labute approximate surface area is 142 Å². The van der Waals surface area contributed by atoms with Crippen molar-refractivity contribution in [2.24, 2.45) is 0 Å². The Kier molecular flexibility index (Phi) is 4.10. The van der Waals surface area contributed by atoms with Crippen LogP contribution in [0.3, 0.4) is 0 Å². The number of imide groups is 1. The number of nitrogens with one attached hydrogen (secondary N) is 3. The highest BCUT2D eigenvalue weighted by atomic mass is 16.2. The highest BCUT2D eigenvalue weighted by molar-refractivity contribution is 6.07. The molecule has 1 saturated heterocycles. The third kappa shape index (κ3) is 3.27. The van der Waals surface area contributed by atoms with E-state index in [0.29, 0.717) is 11.3 Å². The summed E-state index contributed by atoms with van der Waals surface area (Å²) in [4.78, 5) is 47.2. The minimum Gasteiger partial charge on any atom is -0.325 e. The van der Waals surface area contributed by atoms with Gasteiger partial charge in [0.05, 0.1) is 0 Å². The minimum atomic E-state index is -1.20. The second kappa shape index (κ2) is 6.23. The van der Waals surface area contributed by atoms with Gasteiger partial charge in [-0.15, -0.1) is 0 Å². The van der Waals surface area contributed by atoms with Gasteiger partial charge in [0.1, 0.15) is 12.1 Å². The van der Waals surface area contributed by atoms with Crippen LogP contribution in [0, 0.1) is 0 Å². The van der Waals surface area contributed by atoms with E-state index in [1.54, 1.807) is 43.3 Å². The van der Waals surface area contributed by atoms with Crippen molar-refractivity contribution in [1.82, 2.24) is 15.2 Å². The number of rotatable bonds is 4. The van der Waals surface area contributed by atoms with Crippen molar-refractivity contribution < 1.29 is 14.4 Å². The number of benzene rings is 1. The molecule has 8 nitrogen and oxygen atoms in total. The second-order valence-corrected chi connectivity index (χ2v) is 5.83. The van der Waals surface area contributed by atoms with Gasteiger partial charge in [-0.25, -0.2) is 4.79 Å². The highest BCUT2D eigenvalue weighted by Gasteiger charge is 2.43. The summed E-state index contributed by atoms with van der Waals surface area (Å²) >= 11 is 0. The predicted molar refractivity (Wildman–Crippen MR) is 89.8 cm³/mol. The molecule has 3 rings (SSSR count). The summed E-state index contributed by atoms with van der Waals surface area (Å²) in [5.74, 6) is -0.840. The zero-order valence-corrected chi connectivity index (χ0v) is 13.4. The van der Waals surface area contributed by atoms with Crippen molar-refractivity contribution in [1.29, 1.82) is 0 Å². The topological polar surface area (TPSA) is 109 Å². The van der Waals surface area contributed by atoms with Crippen LogP contribution in [0.1, 0.15) is 12.5 Å². The number of amides is 4. The highest BCUT2D eigenvalue weighted by Crippen LogP contribution is 2.26. The maximum Gasteiger partial charge on any atom is 0.322 e. The van der Waals surface area contributed by atoms with Gasteiger partial charge in [-0.05, 0) is 30.7 Å². The molecule has 0 aliphatic carbocycles. The van der Waals surface area contributed by atoms with Gasteiger partial charge in [0.15, 0.2) is 0 Å². The maximum absolute atomic E-state index is 12.1. The SMILES string of the molecule is C[C@]1(c2cccc(NC(=O)Cn3ccccc3=O)c2)NC(=O)NC1=O. The van der Waals surface area contributed by atoms with Gasteiger partial charge >= 0.3 is 6.03 Å². The molecule has 25 heavy (non-hydrogen) atoms. The molecule has 1 aliphatic heterocycles. The molecule has 0 saturated carbocycles. The second-order valence-electron chi connectivity index (χ2n) is 5.83. The molecule has 128 valence electrons. The van der Waals surface area contributed by atoms with Crippen molar-refractivity contribution in [3.05, 3.63) is 64.6 Å². The Balaban J connectivity index is 1.77. The summed E-state index contributed by atoms with van der Waals surface area (Å²) in [7, 11) is 0. The first-order chi connectivity index (χ1) is 11.9. The summed E-state index contributed by atoms with van der Waals surface area (Å²) in [5, 5.41) is 7.44. The van der Waals surface area contributed by atoms with Gasteiger partial charge in [-0.3, -0.25) is 19.7 Å². The molecule has 4 amide bonds. The van der Waals surface area contributed by atoms with Crippen LogP contribution < -0.4 is 21.5 Å². The van der Waals surface area contributed by atoms with Gasteiger partial charge < -0.3 is 15.2 Å². The number of carbonyl (C=O) groups excluding carboxylic acids is 3. The molecule has 0 unspecified atom stereocenters. The summed E-state index contributed by atoms with van der Waals surface area (Å²) in [5.41, 5.74) is -0.481. The van der Waals surface area contributed by atoms with Crippen molar-refractivity contribution in [3.8, 4) is 0 Å². The average molecular weight is 340 g/mol. The van der Waals surface area contributed by atoms with Crippen LogP contribution in [0.25, 0.3) is 0 Å². The molecular weight excluding hydrogens is 324 g/mol. The first-order valence-electron chi connectivity index (χ1n) is 7.58. The standard InChI is InChI=1S/C17H16N4O4/c1-17(15(24)19-16(25)20-17)11-5-4-6-12(9-11)18-13(22)10-21-8-3-2-7-14(21)23/h2-9H,10H2,1H3,(H,18,22)(H2,19,20,24,25)/t17-/m1/s1. The molecule has 1 aliphatic rings. The first-order valence-corrected chi connectivity index (χ1v) is 7.58. The molecule has 0 radical (unpaired) electrons. The fourth-order valence-corrected chi connectivity index (χ4v) is 2.60. The number of urea groups is 1. The smallest absolute Gasteiger partial charge is 0.322 e. The quantitative estimate of drug-likeness (QED) is 0.706. The number of anilines is 1. The van der Waals surface area contributed by atoms with Gasteiger partial charge in [0, 0.05) is 18.0 Å². The molecule has 1 aromatic heterocycles. The number of hydrogen-bond donors (Lipinski definition) is 3. The summed E-state index contributed by atoms with van der Waals surface area (Å²) in [6.07, 6.45) is 1.53. The van der Waals surface area contributed by atoms with E-state index < -0.39 is 17.5 Å². The molecule has 8 heteroatoms. The molecule has 0 spiro atoms. The van der Waals surface area contributed by atoms with Crippen LogP contribution in [0.5, 0.6) is 0 Å². The van der Waals surface area contributed by atoms with E-state index in [9.17, 15) is 19.2 Å². The largest absolute Gasteiger partial charge is 0.325 e. The van der Waals surface area contributed by atoms with Crippen LogP contribution in [0.4, 0.5) is 10.5 Å². The van der Waals surface area contributed by atoms with Crippen LogP contribution in [-0.4, -0.2) is 22.4 Å². The predicted octanol–water partition coefficient (Wildman–Crippen LogP) is 0.542. The van der Waals surface area contributed by atoms with Gasteiger partial charge in [0.25, 0.3) is 11.5 Å². The number of carbonyl (C=O) groups is 3. The lowest BCUT2D eigenvalue weighted by Gasteiger charge is -2.21. The fourth-order valence-electron chi connectivity index (χ4n) is 2.60. The lowest BCUT2D eigenvalue weighted by atomic mass is 9.92. The Hall–Kier alpha value is -3.42. The van der Waals surface area contributed by atoms with E-state index in [4.69, 9.17) is 0 Å². The number of hydrogen-bond acceptors (Lipinski definition) is 4. The van der Waals surface area contributed by atoms with Gasteiger partial charge in [-0.2, -0.15) is 0 Å². The molecule has 2 heterocycles. The number of pyridine rings is 1. The van der Waals surface area contributed by atoms with Crippen LogP contribution >= 0.6 is 0 Å². The first kappa shape index (κ1) is 16.4. The van der Waals surface area contributed by atoms with Crippen molar-refractivity contribution >= 4 is 23.5 Å². The Morgan fingerprint density at radius 1 is 1.16 bits per heavy atom. The molecule has 1 aromatic carbocycles. The normalized spacial score (nSPS) is 19.2. The lowest BCUT2D eigenvalue weighted by Crippen LogP contribution is -2.40. The van der Waals surface area contributed by atoms with E-state index in [2.05, 4.69) is 16.0 Å². The Bertz CT molecular complexity index is 921. The van der Waals surface area contributed by atoms with Gasteiger partial charge in [-0.1, -0.05) is 18.2 Å². The number of aromatic nitrogens is 1. The maximum atomic E-state index is 12.1. The van der Waals surface area contributed by atoms with Crippen LogP contribution in [-0.2, 0) is 21.7 Å². The molecule has 1 atom stereocenters. The third-order valence-corrected chi connectivity index (χ3v) is 3.98. The third-order valence-electron chi connectivity index (χ3n) is 3.98. The van der Waals surface area contributed by atoms with Crippen LogP contribution in [0.15, 0.2) is 53.5 Å². The average Bonchev–Trinajstić information content (AvgIpc) is 2.83. The zero-order valence-electron chi connectivity index (χ0n) is 13.4.